The first-order chi connectivity index (χ1) is 10.8. The van der Waals surface area contributed by atoms with Crippen LogP contribution in [0.2, 0.25) is 0 Å². The van der Waals surface area contributed by atoms with E-state index in [2.05, 4.69) is 0 Å². The minimum absolute atomic E-state index is 0.0556. The molecule has 0 amide bonds. The van der Waals surface area contributed by atoms with Crippen molar-refractivity contribution in [3.8, 4) is 17.5 Å². The van der Waals surface area contributed by atoms with Crippen LogP contribution in [0.25, 0.3) is 5.69 Å². The lowest BCUT2D eigenvalue weighted by molar-refractivity contribution is 0.241. The Labute approximate surface area is 129 Å². The van der Waals surface area contributed by atoms with E-state index in [-0.39, 0.29) is 23.1 Å². The second kappa shape index (κ2) is 6.04. The van der Waals surface area contributed by atoms with Crippen molar-refractivity contribution in [2.24, 2.45) is 7.05 Å². The Hall–Kier alpha value is -2.95. The van der Waals surface area contributed by atoms with Crippen LogP contribution in [0.5, 0.6) is 5.75 Å². The van der Waals surface area contributed by atoms with Gasteiger partial charge in [-0.25, -0.2) is 9.18 Å². The Morgan fingerprint density at radius 2 is 1.87 bits per heavy atom. The largest absolute Gasteiger partial charge is 0.490 e. The van der Waals surface area contributed by atoms with Crippen LogP contribution in [0.15, 0.2) is 27.9 Å². The van der Waals surface area contributed by atoms with Gasteiger partial charge in [-0.15, -0.1) is 0 Å². The molecular formula is C15H13F2N3O3. The van der Waals surface area contributed by atoms with E-state index in [9.17, 15) is 18.4 Å². The molecule has 0 aliphatic rings. The van der Waals surface area contributed by atoms with Crippen molar-refractivity contribution in [3.05, 3.63) is 56.4 Å². The molecule has 23 heavy (non-hydrogen) atoms. The summed E-state index contributed by atoms with van der Waals surface area (Å²) in [6.07, 6.45) is 0.308. The number of rotatable bonds is 3. The number of nitriles is 1. The quantitative estimate of drug-likeness (QED) is 0.858. The molecule has 6 nitrogen and oxygen atoms in total. The van der Waals surface area contributed by atoms with Gasteiger partial charge >= 0.3 is 5.69 Å². The maximum Gasteiger partial charge on any atom is 0.335 e. The highest BCUT2D eigenvalue weighted by Gasteiger charge is 2.17. The molecule has 0 N–H and O–H groups in total. The number of nitrogens with zero attached hydrogens (tertiary/aromatic N) is 3. The predicted molar refractivity (Wildman–Crippen MR) is 77.7 cm³/mol. The molecule has 2 aromatic rings. The lowest BCUT2D eigenvalue weighted by Crippen LogP contribution is -2.38. The number of aromatic nitrogens is 2. The second-order valence-electron chi connectivity index (χ2n) is 5.07. The van der Waals surface area contributed by atoms with E-state index in [1.165, 1.54) is 0 Å². The van der Waals surface area contributed by atoms with Crippen molar-refractivity contribution < 1.29 is 13.5 Å². The van der Waals surface area contributed by atoms with E-state index in [0.29, 0.717) is 15.3 Å². The molecule has 0 radical (unpaired) electrons. The van der Waals surface area contributed by atoms with Gasteiger partial charge in [0.25, 0.3) is 5.56 Å². The molecule has 0 aliphatic heterocycles. The number of benzene rings is 1. The van der Waals surface area contributed by atoms with Crippen LogP contribution < -0.4 is 16.0 Å². The minimum atomic E-state index is -1.21. The molecule has 1 aromatic carbocycles. The molecule has 2 rings (SSSR count). The molecule has 1 heterocycles. The Morgan fingerprint density at radius 1 is 1.22 bits per heavy atom. The van der Waals surface area contributed by atoms with E-state index in [0.717, 1.165) is 19.2 Å². The fourth-order valence-corrected chi connectivity index (χ4v) is 1.97. The maximum atomic E-state index is 14.2. The average Bonchev–Trinajstić information content (AvgIpc) is 2.50. The molecule has 0 saturated heterocycles. The first-order valence-electron chi connectivity index (χ1n) is 6.65. The van der Waals surface area contributed by atoms with Crippen molar-refractivity contribution >= 4 is 0 Å². The van der Waals surface area contributed by atoms with Gasteiger partial charge in [-0.3, -0.25) is 13.9 Å². The number of hydrogen-bond acceptors (Lipinski definition) is 4. The second-order valence-corrected chi connectivity index (χ2v) is 5.07. The zero-order valence-corrected chi connectivity index (χ0v) is 12.6. The third-order valence-electron chi connectivity index (χ3n) is 3.04. The van der Waals surface area contributed by atoms with Gasteiger partial charge in [-0.2, -0.15) is 9.65 Å². The topological polar surface area (TPSA) is 77.0 Å². The van der Waals surface area contributed by atoms with Crippen molar-refractivity contribution in [2.45, 2.75) is 20.0 Å². The van der Waals surface area contributed by atoms with Crippen LogP contribution in [0.4, 0.5) is 8.78 Å². The minimum Gasteiger partial charge on any atom is -0.490 e. The van der Waals surface area contributed by atoms with E-state index in [4.69, 9.17) is 10.00 Å². The summed E-state index contributed by atoms with van der Waals surface area (Å²) >= 11 is 0. The average molecular weight is 321 g/mol. The van der Waals surface area contributed by atoms with Crippen LogP contribution in [-0.2, 0) is 7.05 Å². The highest BCUT2D eigenvalue weighted by molar-refractivity contribution is 5.51. The first-order valence-corrected chi connectivity index (χ1v) is 6.65. The fraction of sp³-hybridized carbons (Fsp3) is 0.267. The number of halogens is 2. The fourth-order valence-electron chi connectivity index (χ4n) is 1.97. The Kier molecular flexibility index (Phi) is 4.31. The van der Waals surface area contributed by atoms with Crippen LogP contribution in [0, 0.1) is 23.0 Å². The van der Waals surface area contributed by atoms with E-state index < -0.39 is 22.9 Å². The van der Waals surface area contributed by atoms with E-state index in [1.54, 1.807) is 19.9 Å². The molecule has 0 saturated carbocycles. The van der Waals surface area contributed by atoms with E-state index >= 15 is 0 Å². The monoisotopic (exact) mass is 321 g/mol. The van der Waals surface area contributed by atoms with Gasteiger partial charge in [0.1, 0.15) is 17.6 Å². The van der Waals surface area contributed by atoms with Gasteiger partial charge in [0, 0.05) is 13.1 Å². The predicted octanol–water partition coefficient (Wildman–Crippen LogP) is 1.47. The summed E-state index contributed by atoms with van der Waals surface area (Å²) in [5, 5.41) is 9.03. The van der Waals surface area contributed by atoms with Crippen molar-refractivity contribution in [2.75, 3.05) is 0 Å². The van der Waals surface area contributed by atoms with Crippen molar-refractivity contribution in [1.82, 2.24) is 9.13 Å². The summed E-state index contributed by atoms with van der Waals surface area (Å²) in [5.74, 6) is -2.07. The van der Waals surface area contributed by atoms with Gasteiger partial charge in [0.2, 0.25) is 5.82 Å². The van der Waals surface area contributed by atoms with Crippen LogP contribution in [0.3, 0.4) is 0 Å². The number of hydrogen-bond donors (Lipinski definition) is 0. The SMILES string of the molecule is CC(C)Oc1cc(-n2cc(F)c(=O)n(C)c2=O)c(F)cc1C#N. The molecule has 0 atom stereocenters. The summed E-state index contributed by atoms with van der Waals surface area (Å²) in [6, 6.07) is 3.80. The molecule has 0 aliphatic carbocycles. The first kappa shape index (κ1) is 16.4. The highest BCUT2D eigenvalue weighted by Crippen LogP contribution is 2.25. The van der Waals surface area contributed by atoms with Gasteiger partial charge in [-0.05, 0) is 19.9 Å². The van der Waals surface area contributed by atoms with Gasteiger partial charge in [0.15, 0.2) is 0 Å². The smallest absolute Gasteiger partial charge is 0.335 e. The third-order valence-corrected chi connectivity index (χ3v) is 3.04. The van der Waals surface area contributed by atoms with Gasteiger partial charge < -0.3 is 4.74 Å². The summed E-state index contributed by atoms with van der Waals surface area (Å²) in [5.41, 5.74) is -2.41. The lowest BCUT2D eigenvalue weighted by Gasteiger charge is -2.14. The summed E-state index contributed by atoms with van der Waals surface area (Å²) in [7, 11) is 1.08. The van der Waals surface area contributed by atoms with E-state index in [1.807, 2.05) is 0 Å². The standard InChI is InChI=1S/C15H13F2N3O3/c1-8(2)23-13-5-12(10(16)4-9(13)6-18)20-7-11(17)14(21)19(3)15(20)22/h4-5,7-8H,1-3H3. The Morgan fingerprint density at radius 3 is 2.43 bits per heavy atom. The molecule has 8 heteroatoms. The summed E-state index contributed by atoms with van der Waals surface area (Å²) in [6.45, 7) is 3.42. The van der Waals surface area contributed by atoms with Gasteiger partial charge in [-0.1, -0.05) is 0 Å². The Balaban J connectivity index is 2.77. The van der Waals surface area contributed by atoms with Crippen molar-refractivity contribution in [3.63, 3.8) is 0 Å². The number of ether oxygens (including phenoxy) is 1. The lowest BCUT2D eigenvalue weighted by atomic mass is 10.2. The highest BCUT2D eigenvalue weighted by atomic mass is 19.1. The van der Waals surface area contributed by atoms with Crippen LogP contribution >= 0.6 is 0 Å². The molecule has 0 bridgehead atoms. The maximum absolute atomic E-state index is 14.2. The molecule has 0 unspecified atom stereocenters. The molecular weight excluding hydrogens is 308 g/mol. The van der Waals surface area contributed by atoms with Gasteiger partial charge in [0.05, 0.1) is 23.6 Å². The molecule has 120 valence electrons. The van der Waals surface area contributed by atoms with Crippen LogP contribution in [0.1, 0.15) is 19.4 Å². The third kappa shape index (κ3) is 2.99. The summed E-state index contributed by atoms with van der Waals surface area (Å²) < 4.78 is 34.4. The molecule has 0 spiro atoms. The van der Waals surface area contributed by atoms with Crippen LogP contribution in [-0.4, -0.2) is 15.2 Å². The Bertz CT molecular complexity index is 923. The van der Waals surface area contributed by atoms with Crippen molar-refractivity contribution in [1.29, 1.82) is 5.26 Å². The molecule has 0 fully saturated rings. The summed E-state index contributed by atoms with van der Waals surface area (Å²) in [4.78, 5) is 23.5. The zero-order valence-electron chi connectivity index (χ0n) is 12.6. The molecule has 1 aromatic heterocycles. The zero-order chi connectivity index (χ0) is 17.3. The normalized spacial score (nSPS) is 10.7.